The van der Waals surface area contributed by atoms with Crippen LogP contribution in [0.15, 0.2) is 117 Å². The second-order valence-corrected chi connectivity index (χ2v) is 17.0. The molecule has 3 aromatic carbocycles. The van der Waals surface area contributed by atoms with E-state index in [2.05, 4.69) is 50.2 Å². The molecule has 0 radical (unpaired) electrons. The lowest BCUT2D eigenvalue weighted by Gasteiger charge is -2.45. The van der Waals surface area contributed by atoms with Crippen LogP contribution in [0.4, 0.5) is 5.95 Å². The third kappa shape index (κ3) is 6.13. The minimum absolute atomic E-state index is 0.0368. The molecule has 0 bridgehead atoms. The molecule has 1 saturated heterocycles. The van der Waals surface area contributed by atoms with Crippen molar-refractivity contribution in [1.82, 2.24) is 20.6 Å². The number of rotatable bonds is 12. The number of carbonyl (C=O) groups excluding carboxylic acids is 2. The number of aryl methyl sites for hydroxylation is 1. The molecule has 2 atom stereocenters. The van der Waals surface area contributed by atoms with Crippen molar-refractivity contribution in [1.29, 1.82) is 0 Å². The molecule has 7 rings (SSSR count). The van der Waals surface area contributed by atoms with Gasteiger partial charge in [-0.1, -0.05) is 104 Å². The number of methoxy groups -OCH3 is 2. The topological polar surface area (TPSA) is 119 Å². The van der Waals surface area contributed by atoms with Crippen LogP contribution in [0.3, 0.4) is 0 Å². The lowest BCUT2D eigenvalue weighted by atomic mass is 9.74. The molecule has 2 N–H and O–H groups in total. The van der Waals surface area contributed by atoms with Crippen LogP contribution in [0.25, 0.3) is 10.1 Å². The maximum Gasteiger partial charge on any atom is 0.269 e. The summed E-state index contributed by atoms with van der Waals surface area (Å²) in [6.45, 7) is 4.06. The third-order valence-corrected chi connectivity index (χ3v) is 14.5. The second kappa shape index (κ2) is 14.1. The number of fused-ring (bicyclic) bond motifs is 2. The first-order valence-electron chi connectivity index (χ1n) is 16.0. The largest absolute Gasteiger partial charge is 0.349 e. The number of nitrogens with zero attached hydrogens (tertiary/aromatic N) is 3. The standard InChI is InChI=1S/C37H35N5O4S4/c1-35(2)22-28-26(21-36(35,45-3)46-4)37(47-20-19-23-13-7-5-8-14-23,32(50-28)33(44)38-34-39-41-42-40-34)31(43)30-29(48-24-15-9-6-10-16-24)25-17-11-12-18-27(25)49-30/h5-18,21-22,32H,19-20H2,1-4H3,(H2,38,39,40,41,42,44). The van der Waals surface area contributed by atoms with Crippen LogP contribution < -0.4 is 5.32 Å². The van der Waals surface area contributed by atoms with Gasteiger partial charge in [-0.25, -0.2) is 0 Å². The third-order valence-electron chi connectivity index (χ3n) is 9.05. The zero-order chi connectivity index (χ0) is 34.9. The van der Waals surface area contributed by atoms with E-state index in [0.29, 0.717) is 22.6 Å². The number of tetrazole rings is 1. The van der Waals surface area contributed by atoms with Gasteiger partial charge in [-0.05, 0) is 52.8 Å². The fourth-order valence-electron chi connectivity index (χ4n) is 6.53. The Kier molecular flexibility index (Phi) is 9.81. The molecule has 1 fully saturated rings. The molecular weight excluding hydrogens is 707 g/mol. The van der Waals surface area contributed by atoms with E-state index in [1.807, 2.05) is 86.7 Å². The Morgan fingerprint density at radius 3 is 2.34 bits per heavy atom. The average molecular weight is 742 g/mol. The van der Waals surface area contributed by atoms with E-state index in [1.54, 1.807) is 26.0 Å². The van der Waals surface area contributed by atoms with Gasteiger partial charge >= 0.3 is 0 Å². The summed E-state index contributed by atoms with van der Waals surface area (Å²) >= 11 is 5.90. The quantitative estimate of drug-likeness (QED) is 0.0961. The summed E-state index contributed by atoms with van der Waals surface area (Å²) in [5.41, 5.74) is 1.22. The summed E-state index contributed by atoms with van der Waals surface area (Å²) in [4.78, 5) is 33.7. The number of hydrogen-bond acceptors (Lipinski definition) is 11. The number of aromatic nitrogens is 4. The zero-order valence-electron chi connectivity index (χ0n) is 27.8. The lowest BCUT2D eigenvalue weighted by molar-refractivity contribution is -0.221. The summed E-state index contributed by atoms with van der Waals surface area (Å²) in [5, 5.41) is 16.9. The molecule has 0 spiro atoms. The molecule has 1 aliphatic carbocycles. The van der Waals surface area contributed by atoms with Crippen LogP contribution in [0.1, 0.15) is 29.1 Å². The van der Waals surface area contributed by atoms with E-state index in [9.17, 15) is 4.79 Å². The Morgan fingerprint density at radius 2 is 1.64 bits per heavy atom. The molecule has 2 aromatic heterocycles. The van der Waals surface area contributed by atoms with Crippen molar-refractivity contribution < 1.29 is 19.1 Å². The maximum absolute atomic E-state index is 15.9. The Balaban J connectivity index is 1.44. The van der Waals surface area contributed by atoms with E-state index >= 15 is 4.79 Å². The first-order valence-corrected chi connectivity index (χ1v) is 19.5. The van der Waals surface area contributed by atoms with Crippen molar-refractivity contribution in [2.24, 2.45) is 5.41 Å². The minimum Gasteiger partial charge on any atom is -0.349 e. The van der Waals surface area contributed by atoms with Crippen LogP contribution in [-0.4, -0.2) is 68.1 Å². The fraction of sp³-hybridized carbons (Fsp3) is 0.270. The molecule has 2 unspecified atom stereocenters. The SMILES string of the molecule is COC1(OC)C=C2C(=CC1(C)C)SC(C(=O)Nc1nn[nH]n1)C2(SCCc1ccccc1)C(=O)c1sc2ccccc2c1Sc1ccccc1. The van der Waals surface area contributed by atoms with Gasteiger partial charge in [0.25, 0.3) is 5.95 Å². The van der Waals surface area contributed by atoms with Crippen molar-refractivity contribution >= 4 is 74.3 Å². The number of H-pyrrole nitrogens is 1. The number of Topliss-reactive ketones (excluding diaryl/α,β-unsaturated/α-hetero) is 1. The maximum atomic E-state index is 15.9. The number of amides is 1. The number of aromatic amines is 1. The normalized spacial score (nSPS) is 20.6. The van der Waals surface area contributed by atoms with Gasteiger partial charge in [0, 0.05) is 44.4 Å². The molecule has 2 aliphatic rings. The number of hydrogen-bond donors (Lipinski definition) is 2. The van der Waals surface area contributed by atoms with E-state index in [-0.39, 0.29) is 11.7 Å². The van der Waals surface area contributed by atoms with Gasteiger partial charge in [-0.3, -0.25) is 14.9 Å². The Morgan fingerprint density at radius 1 is 0.940 bits per heavy atom. The van der Waals surface area contributed by atoms with Gasteiger partial charge < -0.3 is 9.47 Å². The predicted octanol–water partition coefficient (Wildman–Crippen LogP) is 8.06. The van der Waals surface area contributed by atoms with Crippen LogP contribution in [-0.2, 0) is 20.7 Å². The Bertz CT molecular complexity index is 2080. The highest BCUT2D eigenvalue weighted by Gasteiger charge is 2.63. The molecule has 3 heterocycles. The van der Waals surface area contributed by atoms with Crippen molar-refractivity contribution in [3.63, 3.8) is 0 Å². The highest BCUT2D eigenvalue weighted by Crippen LogP contribution is 2.62. The Hall–Kier alpha value is -3.72. The number of thioether (sulfide) groups is 2. The number of ether oxygens (including phenoxy) is 2. The van der Waals surface area contributed by atoms with E-state index in [1.165, 1.54) is 34.9 Å². The summed E-state index contributed by atoms with van der Waals surface area (Å²) in [6.07, 6.45) is 4.70. The number of carbonyl (C=O) groups is 2. The van der Waals surface area contributed by atoms with Crippen LogP contribution >= 0.6 is 46.6 Å². The molecule has 13 heteroatoms. The van der Waals surface area contributed by atoms with Crippen LogP contribution in [0, 0.1) is 5.41 Å². The minimum atomic E-state index is -1.38. The molecule has 9 nitrogen and oxygen atoms in total. The highest BCUT2D eigenvalue weighted by molar-refractivity contribution is 8.09. The molecular formula is C37H35N5O4S4. The monoisotopic (exact) mass is 741 g/mol. The zero-order valence-corrected chi connectivity index (χ0v) is 31.1. The Labute approximate surface area is 307 Å². The van der Waals surface area contributed by atoms with E-state index in [0.717, 1.165) is 30.3 Å². The number of benzene rings is 3. The lowest BCUT2D eigenvalue weighted by Crippen LogP contribution is -2.52. The van der Waals surface area contributed by atoms with Gasteiger partial charge in [0.15, 0.2) is 11.6 Å². The summed E-state index contributed by atoms with van der Waals surface area (Å²) in [5.74, 6) is -1.14. The summed E-state index contributed by atoms with van der Waals surface area (Å²) in [6, 6.07) is 28.3. The first-order chi connectivity index (χ1) is 24.2. The number of thiophene rings is 1. The number of ketones is 1. The van der Waals surface area contributed by atoms with Gasteiger partial charge in [0.05, 0.1) is 4.88 Å². The van der Waals surface area contributed by atoms with Crippen molar-refractivity contribution in [2.75, 3.05) is 25.3 Å². The molecule has 50 heavy (non-hydrogen) atoms. The number of nitrogens with one attached hydrogen (secondary N) is 2. The van der Waals surface area contributed by atoms with E-state index < -0.39 is 27.1 Å². The number of anilines is 1. The summed E-state index contributed by atoms with van der Waals surface area (Å²) in [7, 11) is 3.21. The fourth-order valence-corrected chi connectivity index (χ4v) is 12.4. The van der Waals surface area contributed by atoms with Gasteiger partial charge in [0.2, 0.25) is 5.91 Å². The summed E-state index contributed by atoms with van der Waals surface area (Å²) < 4.78 is 11.9. The second-order valence-electron chi connectivity index (χ2n) is 12.4. The predicted molar refractivity (Wildman–Crippen MR) is 203 cm³/mol. The first kappa shape index (κ1) is 34.7. The van der Waals surface area contributed by atoms with Crippen molar-refractivity contribution in [3.8, 4) is 0 Å². The van der Waals surface area contributed by atoms with Crippen LogP contribution in [0.2, 0.25) is 0 Å². The van der Waals surface area contributed by atoms with Crippen molar-refractivity contribution in [3.05, 3.63) is 118 Å². The van der Waals surface area contributed by atoms with Crippen LogP contribution in [0.5, 0.6) is 0 Å². The highest BCUT2D eigenvalue weighted by atomic mass is 32.2. The average Bonchev–Trinajstić information content (AvgIpc) is 3.85. The molecule has 1 amide bonds. The van der Waals surface area contributed by atoms with Gasteiger partial charge in [-0.2, -0.15) is 5.21 Å². The van der Waals surface area contributed by atoms with Crippen molar-refractivity contribution in [2.45, 2.75) is 45.8 Å². The van der Waals surface area contributed by atoms with E-state index in [4.69, 9.17) is 9.47 Å². The smallest absolute Gasteiger partial charge is 0.269 e. The van der Waals surface area contributed by atoms with Gasteiger partial charge in [0.1, 0.15) is 10.00 Å². The molecule has 5 aromatic rings. The molecule has 256 valence electrons. The number of allylic oxidation sites excluding steroid dienone is 1. The van der Waals surface area contributed by atoms with Gasteiger partial charge in [-0.15, -0.1) is 40.0 Å². The molecule has 1 aliphatic heterocycles. The molecule has 0 saturated carbocycles.